The normalized spacial score (nSPS) is 27.2. The molecule has 0 amide bonds. The van der Waals surface area contributed by atoms with Crippen LogP contribution in [0.4, 0.5) is 0 Å². The van der Waals surface area contributed by atoms with Crippen LogP contribution in [-0.4, -0.2) is 29.8 Å². The van der Waals surface area contributed by atoms with Crippen molar-refractivity contribution in [3.8, 4) is 0 Å². The predicted octanol–water partition coefficient (Wildman–Crippen LogP) is 2.24. The Bertz CT molecular complexity index is 556. The highest BCUT2D eigenvalue weighted by atomic mass is 16.7. The average molecular weight is 334 g/mol. The van der Waals surface area contributed by atoms with E-state index in [0.29, 0.717) is 18.0 Å². The van der Waals surface area contributed by atoms with Crippen molar-refractivity contribution in [2.75, 3.05) is 6.54 Å². The van der Waals surface area contributed by atoms with Gasteiger partial charge in [-0.2, -0.15) is 0 Å². The number of hydrogen-bond donors (Lipinski definition) is 2. The number of aromatic nitrogens is 2. The maximum atomic E-state index is 6.23. The summed E-state index contributed by atoms with van der Waals surface area (Å²) in [7, 11) is -0.337. The molecule has 0 saturated carbocycles. The van der Waals surface area contributed by atoms with Gasteiger partial charge in [-0.15, -0.1) is 0 Å². The third-order valence-corrected chi connectivity index (χ3v) is 6.13. The standard InChI is InChI=1S/C18H32BN3O2/c1-12(2)13(3)22-11-15(21-16(22)14-9-8-10-20-14)19-23-17(4,5)18(6,7)24-19/h11-14,20H,8-10H2,1-7H3/p+1. The van der Waals surface area contributed by atoms with E-state index in [1.54, 1.807) is 0 Å². The van der Waals surface area contributed by atoms with E-state index in [1.165, 1.54) is 18.7 Å². The van der Waals surface area contributed by atoms with Gasteiger partial charge in [0.25, 0.3) is 5.82 Å². The molecule has 24 heavy (non-hydrogen) atoms. The lowest BCUT2D eigenvalue weighted by atomic mass is 9.85. The number of nitrogens with zero attached hydrogens (tertiary/aromatic N) is 1. The largest absolute Gasteiger partial charge is 0.540 e. The number of aromatic amines is 1. The Hall–Kier alpha value is -0.845. The zero-order valence-corrected chi connectivity index (χ0v) is 16.3. The van der Waals surface area contributed by atoms with Crippen molar-refractivity contribution < 1.29 is 13.9 Å². The van der Waals surface area contributed by atoms with Crippen LogP contribution < -0.4 is 15.5 Å². The molecule has 2 aliphatic heterocycles. The summed E-state index contributed by atoms with van der Waals surface area (Å²) < 4.78 is 14.9. The Morgan fingerprint density at radius 1 is 1.17 bits per heavy atom. The van der Waals surface area contributed by atoms with Crippen molar-refractivity contribution in [2.24, 2.45) is 5.92 Å². The van der Waals surface area contributed by atoms with E-state index in [4.69, 9.17) is 9.31 Å². The smallest absolute Gasteiger partial charge is 0.397 e. The van der Waals surface area contributed by atoms with Gasteiger partial charge < -0.3 is 14.6 Å². The van der Waals surface area contributed by atoms with E-state index in [2.05, 4.69) is 69.5 Å². The van der Waals surface area contributed by atoms with Crippen LogP contribution in [0.2, 0.25) is 0 Å². The molecule has 1 aromatic heterocycles. The zero-order chi connectivity index (χ0) is 17.7. The van der Waals surface area contributed by atoms with Gasteiger partial charge in [-0.3, -0.25) is 0 Å². The van der Waals surface area contributed by atoms with Gasteiger partial charge in [0.1, 0.15) is 18.3 Å². The molecule has 2 unspecified atom stereocenters. The zero-order valence-electron chi connectivity index (χ0n) is 16.3. The van der Waals surface area contributed by atoms with Crippen molar-refractivity contribution in [3.63, 3.8) is 0 Å². The Kier molecular flexibility index (Phi) is 4.60. The summed E-state index contributed by atoms with van der Waals surface area (Å²) in [6.07, 6.45) is 4.60. The molecule has 0 aromatic carbocycles. The molecule has 0 radical (unpaired) electrons. The van der Waals surface area contributed by atoms with E-state index in [0.717, 1.165) is 12.1 Å². The van der Waals surface area contributed by atoms with Crippen molar-refractivity contribution in [1.82, 2.24) is 10.3 Å². The van der Waals surface area contributed by atoms with E-state index >= 15 is 0 Å². The average Bonchev–Trinajstić information content (AvgIpc) is 3.17. The highest BCUT2D eigenvalue weighted by Gasteiger charge is 2.54. The van der Waals surface area contributed by atoms with Gasteiger partial charge in [0.15, 0.2) is 5.59 Å². The highest BCUT2D eigenvalue weighted by Crippen LogP contribution is 2.36. The first kappa shape index (κ1) is 18.0. The quantitative estimate of drug-likeness (QED) is 0.656. The van der Waals surface area contributed by atoms with Crippen molar-refractivity contribution in [2.45, 2.75) is 84.6 Å². The van der Waals surface area contributed by atoms with Gasteiger partial charge in [0, 0.05) is 0 Å². The van der Waals surface area contributed by atoms with Gasteiger partial charge in [-0.1, -0.05) is 13.8 Å². The topological polar surface area (TPSA) is 50.2 Å². The SMILES string of the molecule is CC(C)C(C)[n+]1cc(B2OC(C)(C)C(C)(C)O2)[nH]c1C1CCCN1. The van der Waals surface area contributed by atoms with Crippen LogP contribution in [0.3, 0.4) is 0 Å². The predicted molar refractivity (Wildman–Crippen MR) is 96.2 cm³/mol. The highest BCUT2D eigenvalue weighted by molar-refractivity contribution is 6.61. The fourth-order valence-corrected chi connectivity index (χ4v) is 3.40. The van der Waals surface area contributed by atoms with Gasteiger partial charge in [0.05, 0.1) is 11.2 Å². The Labute approximate surface area is 146 Å². The number of hydrogen-bond acceptors (Lipinski definition) is 3. The summed E-state index contributed by atoms with van der Waals surface area (Å²) in [6.45, 7) is 16.3. The monoisotopic (exact) mass is 334 g/mol. The van der Waals surface area contributed by atoms with E-state index in [9.17, 15) is 0 Å². The summed E-state index contributed by atoms with van der Waals surface area (Å²) in [5.74, 6) is 1.82. The maximum absolute atomic E-state index is 6.23. The van der Waals surface area contributed by atoms with E-state index in [1.807, 2.05) is 0 Å². The Balaban J connectivity index is 1.94. The summed E-state index contributed by atoms with van der Waals surface area (Å²) in [5.41, 5.74) is 0.386. The first-order valence-corrected chi connectivity index (χ1v) is 9.35. The molecule has 3 heterocycles. The van der Waals surface area contributed by atoms with Crippen LogP contribution >= 0.6 is 0 Å². The van der Waals surface area contributed by atoms with E-state index in [-0.39, 0.29) is 18.3 Å². The molecule has 0 spiro atoms. The summed E-state index contributed by atoms with van der Waals surface area (Å²) >= 11 is 0. The summed E-state index contributed by atoms with van der Waals surface area (Å²) in [4.78, 5) is 3.63. The van der Waals surface area contributed by atoms with Crippen LogP contribution in [0.15, 0.2) is 6.20 Å². The summed E-state index contributed by atoms with van der Waals surface area (Å²) in [5, 5.41) is 3.61. The Morgan fingerprint density at radius 2 is 1.79 bits per heavy atom. The van der Waals surface area contributed by atoms with Crippen LogP contribution in [0.25, 0.3) is 0 Å². The maximum Gasteiger partial charge on any atom is 0.540 e. The minimum atomic E-state index is -0.337. The van der Waals surface area contributed by atoms with Crippen molar-refractivity contribution in [1.29, 1.82) is 0 Å². The summed E-state index contributed by atoms with van der Waals surface area (Å²) in [6, 6.07) is 0.817. The first-order valence-electron chi connectivity index (χ1n) is 9.35. The lowest BCUT2D eigenvalue weighted by molar-refractivity contribution is -0.732. The van der Waals surface area contributed by atoms with Crippen LogP contribution in [0.5, 0.6) is 0 Å². The molecule has 2 N–H and O–H groups in total. The lowest BCUT2D eigenvalue weighted by Crippen LogP contribution is -2.45. The second kappa shape index (κ2) is 6.15. The first-order chi connectivity index (χ1) is 11.1. The van der Waals surface area contributed by atoms with Gasteiger partial charge >= 0.3 is 7.12 Å². The van der Waals surface area contributed by atoms with Crippen molar-refractivity contribution >= 4 is 12.7 Å². The molecule has 5 nitrogen and oxygen atoms in total. The Morgan fingerprint density at radius 3 is 2.29 bits per heavy atom. The number of imidazole rings is 1. The lowest BCUT2D eigenvalue weighted by Gasteiger charge is -2.32. The molecule has 134 valence electrons. The number of nitrogens with one attached hydrogen (secondary N) is 2. The number of rotatable bonds is 4. The number of H-pyrrole nitrogens is 1. The molecule has 1 aromatic rings. The fourth-order valence-electron chi connectivity index (χ4n) is 3.40. The molecule has 0 aliphatic carbocycles. The minimum Gasteiger partial charge on any atom is -0.397 e. The fraction of sp³-hybridized carbons (Fsp3) is 0.833. The second-order valence-electron chi connectivity index (χ2n) is 8.72. The minimum absolute atomic E-state index is 0.316. The van der Waals surface area contributed by atoms with Crippen LogP contribution in [0.1, 0.15) is 79.2 Å². The van der Waals surface area contributed by atoms with Gasteiger partial charge in [-0.05, 0) is 59.9 Å². The van der Waals surface area contributed by atoms with Crippen molar-refractivity contribution in [3.05, 3.63) is 12.0 Å². The molecule has 6 heteroatoms. The third kappa shape index (κ3) is 3.04. The molecular weight excluding hydrogens is 301 g/mol. The molecule has 3 rings (SSSR count). The third-order valence-electron chi connectivity index (χ3n) is 6.13. The van der Waals surface area contributed by atoms with Crippen LogP contribution in [0, 0.1) is 5.92 Å². The molecule has 2 saturated heterocycles. The molecule has 2 atom stereocenters. The van der Waals surface area contributed by atoms with Crippen LogP contribution in [-0.2, 0) is 9.31 Å². The van der Waals surface area contributed by atoms with Gasteiger partial charge in [-0.25, -0.2) is 9.55 Å². The van der Waals surface area contributed by atoms with Gasteiger partial charge in [0.2, 0.25) is 0 Å². The van der Waals surface area contributed by atoms with E-state index < -0.39 is 0 Å². The molecular formula is C18H33BN3O2+. The molecule has 0 bridgehead atoms. The molecule has 2 fully saturated rings. The molecule has 2 aliphatic rings. The second-order valence-corrected chi connectivity index (χ2v) is 8.72.